The number of oxime groups is 1. The Balaban J connectivity index is 2.42. The smallest absolute Gasteiger partial charge is 0.230 e. The van der Waals surface area contributed by atoms with Gasteiger partial charge < -0.3 is 10.1 Å². The number of fused-ring (bicyclic) bond motifs is 1. The Morgan fingerprint density at radius 2 is 2.00 bits per heavy atom. The molecule has 0 bridgehead atoms. The number of carbonyl (C=O) groups excluding carboxylic acids is 1. The number of hydrogen-bond donors (Lipinski definition) is 1. The molecular weight excluding hydrogens is 252 g/mol. The molecule has 4 nitrogen and oxygen atoms in total. The largest absolute Gasteiger partial charge is 0.411 e. The summed E-state index contributed by atoms with van der Waals surface area (Å²) in [5.41, 5.74) is 2.38. The number of nitrogens with zero attached hydrogens (tertiary/aromatic N) is 2. The van der Waals surface area contributed by atoms with Crippen molar-refractivity contribution in [3.8, 4) is 0 Å². The number of rotatable bonds is 2. The van der Waals surface area contributed by atoms with Crippen LogP contribution in [-0.2, 0) is 4.79 Å². The fourth-order valence-corrected chi connectivity index (χ4v) is 2.48. The molecule has 0 fully saturated rings. The third kappa shape index (κ3) is 2.69. The summed E-state index contributed by atoms with van der Waals surface area (Å²) in [7, 11) is 0. The van der Waals surface area contributed by atoms with Gasteiger partial charge in [-0.15, -0.1) is 0 Å². The summed E-state index contributed by atoms with van der Waals surface area (Å²) in [4.78, 5) is 14.5. The van der Waals surface area contributed by atoms with Gasteiger partial charge in [-0.25, -0.2) is 0 Å². The van der Waals surface area contributed by atoms with Gasteiger partial charge in [-0.2, -0.15) is 0 Å². The molecule has 1 aliphatic rings. The zero-order chi connectivity index (χ0) is 14.7. The van der Waals surface area contributed by atoms with Gasteiger partial charge in [0.25, 0.3) is 0 Å². The van der Waals surface area contributed by atoms with Crippen molar-refractivity contribution in [3.05, 3.63) is 29.8 Å². The number of hydrogen-bond acceptors (Lipinski definition) is 3. The molecule has 108 valence electrons. The van der Waals surface area contributed by atoms with E-state index in [4.69, 9.17) is 5.21 Å². The van der Waals surface area contributed by atoms with E-state index in [0.717, 1.165) is 17.7 Å². The van der Waals surface area contributed by atoms with Crippen LogP contribution in [0, 0.1) is 11.8 Å². The highest BCUT2D eigenvalue weighted by Crippen LogP contribution is 2.29. The quantitative estimate of drug-likeness (QED) is 0.664. The Morgan fingerprint density at radius 1 is 1.30 bits per heavy atom. The number of para-hydroxylation sites is 1. The molecule has 1 unspecified atom stereocenters. The van der Waals surface area contributed by atoms with Crippen LogP contribution in [0.5, 0.6) is 0 Å². The maximum Gasteiger partial charge on any atom is 0.230 e. The number of amides is 1. The Labute approximate surface area is 120 Å². The van der Waals surface area contributed by atoms with Crippen LogP contribution in [0.25, 0.3) is 0 Å². The number of carbonyl (C=O) groups is 1. The van der Waals surface area contributed by atoms with Gasteiger partial charge in [0.05, 0.1) is 11.4 Å². The molecule has 0 saturated heterocycles. The van der Waals surface area contributed by atoms with E-state index in [9.17, 15) is 4.79 Å². The highest BCUT2D eigenvalue weighted by Gasteiger charge is 2.28. The molecular formula is C16H22N2O2. The minimum absolute atomic E-state index is 0.0179. The van der Waals surface area contributed by atoms with Crippen LogP contribution in [-0.4, -0.2) is 23.4 Å². The lowest BCUT2D eigenvalue weighted by Gasteiger charge is -2.27. The fourth-order valence-electron chi connectivity index (χ4n) is 2.48. The summed E-state index contributed by atoms with van der Waals surface area (Å²) >= 11 is 0. The van der Waals surface area contributed by atoms with Crippen LogP contribution in [0.2, 0.25) is 0 Å². The monoisotopic (exact) mass is 274 g/mol. The van der Waals surface area contributed by atoms with Gasteiger partial charge in [-0.1, -0.05) is 44.1 Å². The third-order valence-corrected chi connectivity index (χ3v) is 4.08. The molecule has 1 heterocycles. The van der Waals surface area contributed by atoms with Crippen LogP contribution in [0.1, 0.15) is 39.2 Å². The lowest BCUT2D eigenvalue weighted by Crippen LogP contribution is -2.37. The second kappa shape index (κ2) is 6.07. The molecule has 1 N–H and O–H groups in total. The molecule has 0 aromatic heterocycles. The Bertz CT molecular complexity index is 523. The molecule has 1 atom stereocenters. The van der Waals surface area contributed by atoms with E-state index < -0.39 is 0 Å². The van der Waals surface area contributed by atoms with E-state index in [2.05, 4.69) is 19.0 Å². The van der Waals surface area contributed by atoms with Crippen LogP contribution in [0.15, 0.2) is 29.4 Å². The first-order valence-electron chi connectivity index (χ1n) is 7.18. The lowest BCUT2D eigenvalue weighted by molar-refractivity contribution is -0.123. The highest BCUT2D eigenvalue weighted by atomic mass is 16.4. The van der Waals surface area contributed by atoms with Crippen molar-refractivity contribution in [2.45, 2.75) is 33.6 Å². The van der Waals surface area contributed by atoms with Crippen molar-refractivity contribution in [1.82, 2.24) is 0 Å². The second-order valence-electron chi connectivity index (χ2n) is 5.69. The molecule has 1 amide bonds. The van der Waals surface area contributed by atoms with Crippen LogP contribution >= 0.6 is 0 Å². The Kier molecular flexibility index (Phi) is 4.42. The summed E-state index contributed by atoms with van der Waals surface area (Å²) in [5.74, 6) is 0.436. The third-order valence-electron chi connectivity index (χ3n) is 4.08. The SMILES string of the molecule is CC(C)C(C)C(=O)N1CCC/C(=N/O)c2ccccc21. The summed E-state index contributed by atoms with van der Waals surface area (Å²) in [6.45, 7) is 6.77. The fraction of sp³-hybridized carbons (Fsp3) is 0.500. The normalized spacial score (nSPS) is 18.8. The van der Waals surface area contributed by atoms with Crippen LogP contribution in [0.4, 0.5) is 5.69 Å². The first-order chi connectivity index (χ1) is 9.56. The van der Waals surface area contributed by atoms with E-state index in [0.29, 0.717) is 24.6 Å². The number of anilines is 1. The molecule has 2 rings (SSSR count). The first kappa shape index (κ1) is 14.6. The van der Waals surface area contributed by atoms with Gasteiger partial charge in [-0.3, -0.25) is 4.79 Å². The van der Waals surface area contributed by atoms with E-state index in [1.54, 1.807) is 0 Å². The molecule has 1 aliphatic heterocycles. The van der Waals surface area contributed by atoms with Gasteiger partial charge >= 0.3 is 0 Å². The second-order valence-corrected chi connectivity index (χ2v) is 5.69. The summed E-state index contributed by atoms with van der Waals surface area (Å²) in [5, 5.41) is 12.6. The van der Waals surface area contributed by atoms with E-state index in [1.165, 1.54) is 0 Å². The molecule has 20 heavy (non-hydrogen) atoms. The average Bonchev–Trinajstić information content (AvgIpc) is 2.64. The van der Waals surface area contributed by atoms with Crippen molar-refractivity contribution in [3.63, 3.8) is 0 Å². The predicted molar refractivity (Wildman–Crippen MR) is 80.4 cm³/mol. The molecule has 0 radical (unpaired) electrons. The molecule has 1 aromatic carbocycles. The molecule has 0 aliphatic carbocycles. The van der Waals surface area contributed by atoms with Crippen molar-refractivity contribution < 1.29 is 10.0 Å². The van der Waals surface area contributed by atoms with Crippen LogP contribution < -0.4 is 4.90 Å². The summed E-state index contributed by atoms with van der Waals surface area (Å²) < 4.78 is 0. The summed E-state index contributed by atoms with van der Waals surface area (Å²) in [6, 6.07) is 7.66. The lowest BCUT2D eigenvalue weighted by atomic mass is 9.96. The predicted octanol–water partition coefficient (Wildman–Crippen LogP) is 3.28. The summed E-state index contributed by atoms with van der Waals surface area (Å²) in [6.07, 6.45) is 1.50. The van der Waals surface area contributed by atoms with Crippen molar-refractivity contribution in [2.75, 3.05) is 11.4 Å². The molecule has 0 saturated carbocycles. The zero-order valence-electron chi connectivity index (χ0n) is 12.3. The standard InChI is InChI=1S/C16H22N2O2/c1-11(2)12(3)16(19)18-10-6-8-14(17-20)13-7-4-5-9-15(13)18/h4-5,7,9,11-12,20H,6,8,10H2,1-3H3/b17-14-. The van der Waals surface area contributed by atoms with Gasteiger partial charge in [-0.05, 0) is 24.8 Å². The molecule has 4 heteroatoms. The maximum absolute atomic E-state index is 12.7. The average molecular weight is 274 g/mol. The first-order valence-corrected chi connectivity index (χ1v) is 7.18. The molecule has 1 aromatic rings. The minimum atomic E-state index is -0.0179. The Hall–Kier alpha value is -1.84. The minimum Gasteiger partial charge on any atom is -0.411 e. The highest BCUT2D eigenvalue weighted by molar-refractivity contribution is 6.09. The van der Waals surface area contributed by atoms with Crippen molar-refractivity contribution in [1.29, 1.82) is 0 Å². The van der Waals surface area contributed by atoms with E-state index in [1.807, 2.05) is 36.1 Å². The van der Waals surface area contributed by atoms with E-state index >= 15 is 0 Å². The molecule has 0 spiro atoms. The van der Waals surface area contributed by atoms with Gasteiger partial charge in [0, 0.05) is 18.0 Å². The van der Waals surface area contributed by atoms with Gasteiger partial charge in [0.1, 0.15) is 0 Å². The van der Waals surface area contributed by atoms with Crippen LogP contribution in [0.3, 0.4) is 0 Å². The van der Waals surface area contributed by atoms with Crippen molar-refractivity contribution in [2.24, 2.45) is 17.0 Å². The van der Waals surface area contributed by atoms with Crippen molar-refractivity contribution >= 4 is 17.3 Å². The van der Waals surface area contributed by atoms with Gasteiger partial charge in [0.15, 0.2) is 0 Å². The Morgan fingerprint density at radius 3 is 2.65 bits per heavy atom. The van der Waals surface area contributed by atoms with E-state index in [-0.39, 0.29) is 11.8 Å². The number of benzene rings is 1. The zero-order valence-corrected chi connectivity index (χ0v) is 12.3. The van der Waals surface area contributed by atoms with Gasteiger partial charge in [0.2, 0.25) is 5.91 Å². The maximum atomic E-state index is 12.7. The topological polar surface area (TPSA) is 52.9 Å².